The summed E-state index contributed by atoms with van der Waals surface area (Å²) in [6.45, 7) is 4.07. The number of nitrogens with two attached hydrogens (primary N) is 1. The first kappa shape index (κ1) is 17.8. The van der Waals surface area contributed by atoms with Gasteiger partial charge in [0.2, 0.25) is 0 Å². The highest BCUT2D eigenvalue weighted by Gasteiger charge is 2.13. The fourth-order valence-corrected chi connectivity index (χ4v) is 2.46. The number of fused-ring (bicyclic) bond motifs is 1. The van der Waals surface area contributed by atoms with E-state index in [2.05, 4.69) is 22.2 Å². The summed E-state index contributed by atoms with van der Waals surface area (Å²) in [7, 11) is 3.07. The van der Waals surface area contributed by atoms with Crippen molar-refractivity contribution in [3.05, 3.63) is 27.2 Å². The van der Waals surface area contributed by atoms with Gasteiger partial charge in [-0.15, -0.1) is 0 Å². The molecule has 2 heterocycles. The Bertz CT molecular complexity index is 844. The van der Waals surface area contributed by atoms with E-state index in [0.29, 0.717) is 36.6 Å². The third kappa shape index (κ3) is 3.66. The molecule has 9 nitrogen and oxygen atoms in total. The van der Waals surface area contributed by atoms with Crippen LogP contribution in [0.15, 0.2) is 20.9 Å². The highest BCUT2D eigenvalue weighted by molar-refractivity contribution is 5.77. The number of imidazole rings is 1. The van der Waals surface area contributed by atoms with Crippen LogP contribution in [0.2, 0.25) is 0 Å². The van der Waals surface area contributed by atoms with E-state index in [4.69, 9.17) is 5.73 Å². The van der Waals surface area contributed by atoms with Crippen molar-refractivity contribution in [3.8, 4) is 0 Å². The molecule has 2 aromatic heterocycles. The summed E-state index contributed by atoms with van der Waals surface area (Å²) in [6, 6.07) is 0. The number of rotatable bonds is 7. The summed E-state index contributed by atoms with van der Waals surface area (Å²) in [6.07, 6.45) is 4.45. The number of aromatic nitrogens is 4. The Morgan fingerprint density at radius 2 is 2.04 bits per heavy atom. The number of aryl methyl sites for hydroxylation is 2. The molecule has 0 bridgehead atoms. The summed E-state index contributed by atoms with van der Waals surface area (Å²) in [5, 5.41) is 3.05. The number of guanidine groups is 1. The SMILES string of the molecule is CCCCNC(N)=NCCCn1cnc2c1c(=O)n(C)c(=O)n2C. The zero-order valence-electron chi connectivity index (χ0n) is 14.4. The minimum absolute atomic E-state index is 0.338. The fraction of sp³-hybridized carbons (Fsp3) is 0.600. The molecular weight excluding hydrogens is 310 g/mol. The highest BCUT2D eigenvalue weighted by Crippen LogP contribution is 2.06. The molecule has 0 amide bonds. The fourth-order valence-electron chi connectivity index (χ4n) is 2.46. The van der Waals surface area contributed by atoms with Gasteiger partial charge in [0, 0.05) is 33.7 Å². The van der Waals surface area contributed by atoms with Gasteiger partial charge in [-0.05, 0) is 12.8 Å². The van der Waals surface area contributed by atoms with Gasteiger partial charge in [-0.3, -0.25) is 18.9 Å². The lowest BCUT2D eigenvalue weighted by Crippen LogP contribution is -2.37. The van der Waals surface area contributed by atoms with E-state index in [0.717, 1.165) is 24.0 Å². The summed E-state index contributed by atoms with van der Waals surface area (Å²) >= 11 is 0. The lowest BCUT2D eigenvalue weighted by atomic mass is 10.3. The quantitative estimate of drug-likeness (QED) is 0.403. The van der Waals surface area contributed by atoms with Crippen LogP contribution in [0, 0.1) is 0 Å². The lowest BCUT2D eigenvalue weighted by molar-refractivity contribution is 0.653. The Hall–Kier alpha value is -2.58. The third-order valence-corrected chi connectivity index (χ3v) is 3.89. The molecule has 0 saturated carbocycles. The first-order chi connectivity index (χ1) is 11.5. The van der Waals surface area contributed by atoms with Crippen molar-refractivity contribution in [1.82, 2.24) is 24.0 Å². The molecule has 0 unspecified atom stereocenters. The number of hydrogen-bond donors (Lipinski definition) is 2. The van der Waals surface area contributed by atoms with E-state index >= 15 is 0 Å². The van der Waals surface area contributed by atoms with Crippen LogP contribution in [0.3, 0.4) is 0 Å². The van der Waals surface area contributed by atoms with E-state index in [1.54, 1.807) is 17.9 Å². The van der Waals surface area contributed by atoms with Gasteiger partial charge in [-0.25, -0.2) is 9.78 Å². The zero-order chi connectivity index (χ0) is 17.7. The van der Waals surface area contributed by atoms with Gasteiger partial charge in [-0.2, -0.15) is 0 Å². The molecule has 0 aliphatic carbocycles. The molecule has 132 valence electrons. The summed E-state index contributed by atoms with van der Waals surface area (Å²) in [5.74, 6) is 0.442. The van der Waals surface area contributed by atoms with Crippen molar-refractivity contribution >= 4 is 17.1 Å². The zero-order valence-corrected chi connectivity index (χ0v) is 14.4. The molecule has 0 fully saturated rings. The normalized spacial score (nSPS) is 12.0. The third-order valence-electron chi connectivity index (χ3n) is 3.89. The predicted molar refractivity (Wildman–Crippen MR) is 94.2 cm³/mol. The number of nitrogens with zero attached hydrogens (tertiary/aromatic N) is 5. The van der Waals surface area contributed by atoms with E-state index in [1.807, 2.05) is 0 Å². The van der Waals surface area contributed by atoms with E-state index in [1.165, 1.54) is 11.6 Å². The molecule has 0 saturated heterocycles. The summed E-state index contributed by atoms with van der Waals surface area (Å²) < 4.78 is 4.22. The topological polar surface area (TPSA) is 112 Å². The van der Waals surface area contributed by atoms with Crippen molar-refractivity contribution in [3.63, 3.8) is 0 Å². The number of nitrogens with one attached hydrogen (secondary N) is 1. The Morgan fingerprint density at radius 1 is 1.29 bits per heavy atom. The van der Waals surface area contributed by atoms with Gasteiger partial charge in [-0.1, -0.05) is 13.3 Å². The molecule has 0 spiro atoms. The van der Waals surface area contributed by atoms with Crippen molar-refractivity contribution in [1.29, 1.82) is 0 Å². The predicted octanol–water partition coefficient (Wildman–Crippen LogP) is -0.472. The van der Waals surface area contributed by atoms with Crippen molar-refractivity contribution in [2.75, 3.05) is 13.1 Å². The van der Waals surface area contributed by atoms with Crippen LogP contribution in [-0.2, 0) is 20.6 Å². The molecule has 3 N–H and O–H groups in total. The van der Waals surface area contributed by atoms with Gasteiger partial charge in [0.05, 0.1) is 6.33 Å². The smallest absolute Gasteiger partial charge is 0.332 e. The summed E-state index contributed by atoms with van der Waals surface area (Å²) in [5.41, 5.74) is 5.88. The minimum Gasteiger partial charge on any atom is -0.370 e. The van der Waals surface area contributed by atoms with Crippen LogP contribution in [-0.4, -0.2) is 37.7 Å². The highest BCUT2D eigenvalue weighted by atomic mass is 16.2. The maximum absolute atomic E-state index is 12.3. The summed E-state index contributed by atoms with van der Waals surface area (Å²) in [4.78, 5) is 32.6. The van der Waals surface area contributed by atoms with Crippen LogP contribution < -0.4 is 22.3 Å². The van der Waals surface area contributed by atoms with Gasteiger partial charge < -0.3 is 15.6 Å². The standard InChI is InChI=1S/C15H25N7O2/c1-4-5-7-17-14(16)18-8-6-9-22-10-19-12-11(22)13(23)21(3)15(24)20(12)2/h10H,4-9H2,1-3H3,(H3,16,17,18). The van der Waals surface area contributed by atoms with Gasteiger partial charge >= 0.3 is 5.69 Å². The first-order valence-electron chi connectivity index (χ1n) is 8.12. The van der Waals surface area contributed by atoms with Gasteiger partial charge in [0.1, 0.15) is 0 Å². The van der Waals surface area contributed by atoms with E-state index in [9.17, 15) is 9.59 Å². The Morgan fingerprint density at radius 3 is 2.75 bits per heavy atom. The van der Waals surface area contributed by atoms with Gasteiger partial charge in [0.15, 0.2) is 17.1 Å². The van der Waals surface area contributed by atoms with Gasteiger partial charge in [0.25, 0.3) is 5.56 Å². The van der Waals surface area contributed by atoms with Crippen molar-refractivity contribution in [2.45, 2.75) is 32.7 Å². The Kier molecular flexibility index (Phi) is 5.78. The molecule has 0 radical (unpaired) electrons. The second-order valence-electron chi connectivity index (χ2n) is 5.72. The number of aliphatic imine (C=N–C) groups is 1. The average molecular weight is 335 g/mol. The maximum atomic E-state index is 12.3. The molecular formula is C15H25N7O2. The van der Waals surface area contributed by atoms with Crippen LogP contribution in [0.4, 0.5) is 0 Å². The molecule has 24 heavy (non-hydrogen) atoms. The Balaban J connectivity index is 2.06. The van der Waals surface area contributed by atoms with Crippen LogP contribution in [0.5, 0.6) is 0 Å². The van der Waals surface area contributed by atoms with Crippen LogP contribution >= 0.6 is 0 Å². The largest absolute Gasteiger partial charge is 0.370 e. The molecule has 2 rings (SSSR count). The second kappa shape index (κ2) is 7.80. The van der Waals surface area contributed by atoms with E-state index < -0.39 is 0 Å². The lowest BCUT2D eigenvalue weighted by Gasteiger charge is -2.06. The first-order valence-corrected chi connectivity index (χ1v) is 8.12. The molecule has 0 atom stereocenters. The molecule has 0 aliphatic heterocycles. The number of hydrogen-bond acceptors (Lipinski definition) is 4. The number of unbranched alkanes of at least 4 members (excludes halogenated alkanes) is 1. The molecule has 0 aliphatic rings. The van der Waals surface area contributed by atoms with Crippen molar-refractivity contribution < 1.29 is 0 Å². The second-order valence-corrected chi connectivity index (χ2v) is 5.72. The van der Waals surface area contributed by atoms with Crippen LogP contribution in [0.1, 0.15) is 26.2 Å². The average Bonchev–Trinajstić information content (AvgIpc) is 2.99. The molecule has 9 heteroatoms. The maximum Gasteiger partial charge on any atom is 0.332 e. The van der Waals surface area contributed by atoms with Crippen molar-refractivity contribution in [2.24, 2.45) is 24.8 Å². The molecule has 2 aromatic rings. The molecule has 0 aromatic carbocycles. The van der Waals surface area contributed by atoms with Crippen LogP contribution in [0.25, 0.3) is 11.2 Å². The minimum atomic E-state index is -0.381. The Labute approximate surface area is 139 Å². The monoisotopic (exact) mass is 335 g/mol. The van der Waals surface area contributed by atoms with E-state index in [-0.39, 0.29) is 11.2 Å².